The SMILES string of the molecule is CCC(C)(C)C(OC(=O)C(C)(C)C)c1cccc(OC)c1. The monoisotopic (exact) mass is 292 g/mol. The first-order valence-electron chi connectivity index (χ1n) is 7.47. The van der Waals surface area contributed by atoms with Crippen molar-refractivity contribution in [2.24, 2.45) is 10.8 Å². The van der Waals surface area contributed by atoms with Crippen LogP contribution in [0.3, 0.4) is 0 Å². The number of hydrogen-bond donors (Lipinski definition) is 0. The second kappa shape index (κ2) is 6.50. The Morgan fingerprint density at radius 1 is 1.19 bits per heavy atom. The standard InChI is InChI=1S/C18H28O3/c1-8-18(5,6)15(21-16(19)17(2,3)4)13-10-9-11-14(12-13)20-7/h9-12,15H,8H2,1-7H3. The summed E-state index contributed by atoms with van der Waals surface area (Å²) in [5.41, 5.74) is 0.313. The van der Waals surface area contributed by atoms with Crippen LogP contribution in [-0.4, -0.2) is 13.1 Å². The van der Waals surface area contributed by atoms with Crippen LogP contribution < -0.4 is 4.74 Å². The summed E-state index contributed by atoms with van der Waals surface area (Å²) in [6, 6.07) is 7.75. The number of carbonyl (C=O) groups excluding carboxylic acids is 1. The first kappa shape index (κ1) is 17.5. The van der Waals surface area contributed by atoms with Gasteiger partial charge in [0.2, 0.25) is 0 Å². The summed E-state index contributed by atoms with van der Waals surface area (Å²) in [5, 5.41) is 0. The molecular weight excluding hydrogens is 264 g/mol. The van der Waals surface area contributed by atoms with Crippen LogP contribution in [0.15, 0.2) is 24.3 Å². The van der Waals surface area contributed by atoms with E-state index in [1.165, 1.54) is 0 Å². The van der Waals surface area contributed by atoms with E-state index in [0.29, 0.717) is 0 Å². The fraction of sp³-hybridized carbons (Fsp3) is 0.611. The summed E-state index contributed by atoms with van der Waals surface area (Å²) in [4.78, 5) is 12.3. The van der Waals surface area contributed by atoms with Crippen molar-refractivity contribution in [2.75, 3.05) is 7.11 Å². The van der Waals surface area contributed by atoms with Crippen LogP contribution in [0.4, 0.5) is 0 Å². The van der Waals surface area contributed by atoms with E-state index in [2.05, 4.69) is 20.8 Å². The second-order valence-corrected chi connectivity index (χ2v) is 7.15. The van der Waals surface area contributed by atoms with Gasteiger partial charge in [-0.05, 0) is 44.9 Å². The predicted octanol–water partition coefficient (Wildman–Crippen LogP) is 4.76. The molecule has 0 N–H and O–H groups in total. The molecule has 3 heteroatoms. The summed E-state index contributed by atoms with van der Waals surface area (Å²) < 4.78 is 11.1. The van der Waals surface area contributed by atoms with Gasteiger partial charge in [-0.1, -0.05) is 32.9 Å². The number of methoxy groups -OCH3 is 1. The van der Waals surface area contributed by atoms with Crippen molar-refractivity contribution < 1.29 is 14.3 Å². The van der Waals surface area contributed by atoms with Crippen molar-refractivity contribution in [3.05, 3.63) is 29.8 Å². The van der Waals surface area contributed by atoms with Gasteiger partial charge in [0, 0.05) is 5.41 Å². The van der Waals surface area contributed by atoms with E-state index in [1.54, 1.807) is 7.11 Å². The average Bonchev–Trinajstić information content (AvgIpc) is 2.43. The number of benzene rings is 1. The van der Waals surface area contributed by atoms with Crippen LogP contribution >= 0.6 is 0 Å². The lowest BCUT2D eigenvalue weighted by Crippen LogP contribution is -2.31. The minimum atomic E-state index is -0.513. The molecule has 0 bridgehead atoms. The molecule has 0 aliphatic rings. The Kier molecular flexibility index (Phi) is 5.43. The molecule has 1 aromatic carbocycles. The van der Waals surface area contributed by atoms with Gasteiger partial charge in [-0.25, -0.2) is 0 Å². The molecule has 1 aromatic rings. The molecule has 1 rings (SSSR count). The van der Waals surface area contributed by atoms with Crippen LogP contribution in [0.25, 0.3) is 0 Å². The van der Waals surface area contributed by atoms with Gasteiger partial charge in [0.1, 0.15) is 11.9 Å². The van der Waals surface area contributed by atoms with Crippen LogP contribution in [0.5, 0.6) is 5.75 Å². The molecule has 0 saturated heterocycles. The summed E-state index contributed by atoms with van der Waals surface area (Å²) >= 11 is 0. The molecular formula is C18H28O3. The smallest absolute Gasteiger partial charge is 0.311 e. The summed E-state index contributed by atoms with van der Waals surface area (Å²) in [7, 11) is 1.64. The third-order valence-corrected chi connectivity index (χ3v) is 3.85. The fourth-order valence-electron chi connectivity index (χ4n) is 1.95. The molecule has 0 heterocycles. The molecule has 118 valence electrons. The van der Waals surface area contributed by atoms with Gasteiger partial charge in [-0.2, -0.15) is 0 Å². The van der Waals surface area contributed by atoms with Crippen molar-refractivity contribution in [3.8, 4) is 5.75 Å². The largest absolute Gasteiger partial charge is 0.497 e. The highest BCUT2D eigenvalue weighted by atomic mass is 16.5. The highest BCUT2D eigenvalue weighted by Gasteiger charge is 2.35. The van der Waals surface area contributed by atoms with Crippen molar-refractivity contribution in [1.29, 1.82) is 0 Å². The maximum atomic E-state index is 12.3. The van der Waals surface area contributed by atoms with Crippen molar-refractivity contribution in [2.45, 2.75) is 54.1 Å². The fourth-order valence-corrected chi connectivity index (χ4v) is 1.95. The van der Waals surface area contributed by atoms with Gasteiger partial charge in [0.25, 0.3) is 0 Å². The van der Waals surface area contributed by atoms with Gasteiger partial charge in [-0.3, -0.25) is 4.79 Å². The van der Waals surface area contributed by atoms with Crippen LogP contribution in [-0.2, 0) is 9.53 Å². The van der Waals surface area contributed by atoms with Gasteiger partial charge in [-0.15, -0.1) is 0 Å². The molecule has 0 aliphatic carbocycles. The van der Waals surface area contributed by atoms with Gasteiger partial charge in [0.05, 0.1) is 12.5 Å². The maximum Gasteiger partial charge on any atom is 0.311 e. The average molecular weight is 292 g/mol. The van der Waals surface area contributed by atoms with Crippen LogP contribution in [0, 0.1) is 10.8 Å². The van der Waals surface area contributed by atoms with Crippen molar-refractivity contribution in [1.82, 2.24) is 0 Å². The van der Waals surface area contributed by atoms with E-state index < -0.39 is 5.41 Å². The van der Waals surface area contributed by atoms with Crippen LogP contribution in [0.2, 0.25) is 0 Å². The molecule has 0 aromatic heterocycles. The first-order valence-corrected chi connectivity index (χ1v) is 7.47. The molecule has 21 heavy (non-hydrogen) atoms. The van der Waals surface area contributed by atoms with E-state index in [1.807, 2.05) is 45.0 Å². The summed E-state index contributed by atoms with van der Waals surface area (Å²) in [6.07, 6.45) is 0.621. The molecule has 1 unspecified atom stereocenters. The zero-order valence-electron chi connectivity index (χ0n) is 14.3. The van der Waals surface area contributed by atoms with E-state index >= 15 is 0 Å². The number of rotatable bonds is 5. The van der Waals surface area contributed by atoms with Crippen molar-refractivity contribution >= 4 is 5.97 Å². The number of carbonyl (C=O) groups is 1. The molecule has 0 saturated carbocycles. The highest BCUT2D eigenvalue weighted by Crippen LogP contribution is 2.41. The normalized spacial score (nSPS) is 13.7. The minimum Gasteiger partial charge on any atom is -0.497 e. The molecule has 1 atom stereocenters. The van der Waals surface area contributed by atoms with Gasteiger partial charge < -0.3 is 9.47 Å². The molecule has 0 fully saturated rings. The Morgan fingerprint density at radius 3 is 2.29 bits per heavy atom. The summed E-state index contributed by atoms with van der Waals surface area (Å²) in [5.74, 6) is 0.591. The summed E-state index contributed by atoms with van der Waals surface area (Å²) in [6.45, 7) is 12.0. The topological polar surface area (TPSA) is 35.5 Å². The van der Waals surface area contributed by atoms with E-state index in [-0.39, 0.29) is 17.5 Å². The van der Waals surface area contributed by atoms with E-state index in [0.717, 1.165) is 17.7 Å². The molecule has 0 aliphatic heterocycles. The molecule has 0 spiro atoms. The first-order chi connectivity index (χ1) is 9.61. The Bertz CT molecular complexity index is 483. The van der Waals surface area contributed by atoms with Crippen LogP contribution in [0.1, 0.15) is 59.6 Å². The lowest BCUT2D eigenvalue weighted by Gasteiger charge is -2.35. The molecule has 0 radical (unpaired) electrons. The highest BCUT2D eigenvalue weighted by molar-refractivity contribution is 5.75. The Morgan fingerprint density at radius 2 is 1.81 bits per heavy atom. The number of ether oxygens (including phenoxy) is 2. The zero-order valence-corrected chi connectivity index (χ0v) is 14.3. The molecule has 3 nitrogen and oxygen atoms in total. The minimum absolute atomic E-state index is 0.146. The second-order valence-electron chi connectivity index (χ2n) is 7.15. The van der Waals surface area contributed by atoms with Gasteiger partial charge >= 0.3 is 5.97 Å². The van der Waals surface area contributed by atoms with E-state index in [4.69, 9.17) is 9.47 Å². The lowest BCUT2D eigenvalue weighted by atomic mass is 9.80. The Hall–Kier alpha value is -1.51. The Balaban J connectivity index is 3.17. The quantitative estimate of drug-likeness (QED) is 0.734. The number of esters is 1. The number of hydrogen-bond acceptors (Lipinski definition) is 3. The predicted molar refractivity (Wildman–Crippen MR) is 85.4 cm³/mol. The lowest BCUT2D eigenvalue weighted by molar-refractivity contribution is -0.166. The van der Waals surface area contributed by atoms with Crippen molar-refractivity contribution in [3.63, 3.8) is 0 Å². The molecule has 0 amide bonds. The third-order valence-electron chi connectivity index (χ3n) is 3.85. The third kappa shape index (κ3) is 4.48. The Labute approximate surface area is 128 Å². The van der Waals surface area contributed by atoms with Gasteiger partial charge in [0.15, 0.2) is 0 Å². The maximum absolute atomic E-state index is 12.3. The zero-order chi connectivity index (χ0) is 16.3. The van der Waals surface area contributed by atoms with E-state index in [9.17, 15) is 4.79 Å².